The summed E-state index contributed by atoms with van der Waals surface area (Å²) in [6, 6.07) is 9.65. The maximum atomic E-state index is 12.3. The molecular weight excluding hydrogens is 276 g/mol. The number of carbonyl (C=O) groups is 1. The van der Waals surface area contributed by atoms with Gasteiger partial charge in [0.15, 0.2) is 6.10 Å². The summed E-state index contributed by atoms with van der Waals surface area (Å²) >= 11 is 0. The second kappa shape index (κ2) is 7.59. The Hall–Kier alpha value is -2.36. The zero-order valence-electron chi connectivity index (χ0n) is 13.3. The highest BCUT2D eigenvalue weighted by Crippen LogP contribution is 2.22. The Balaban J connectivity index is 1.98. The fraction of sp³-hybridized carbons (Fsp3) is 0.333. The quantitative estimate of drug-likeness (QED) is 0.891. The minimum Gasteiger partial charge on any atom is -0.480 e. The van der Waals surface area contributed by atoms with Crippen molar-refractivity contribution in [3.8, 4) is 5.75 Å². The van der Waals surface area contributed by atoms with Crippen LogP contribution in [0.3, 0.4) is 0 Å². The van der Waals surface area contributed by atoms with E-state index in [-0.39, 0.29) is 5.91 Å². The highest BCUT2D eigenvalue weighted by molar-refractivity contribution is 5.81. The van der Waals surface area contributed by atoms with E-state index in [0.29, 0.717) is 13.0 Å². The van der Waals surface area contributed by atoms with Crippen LogP contribution in [-0.4, -0.2) is 17.0 Å². The number of aryl methyl sites for hydroxylation is 1. The number of benzene rings is 1. The van der Waals surface area contributed by atoms with E-state index in [9.17, 15) is 4.79 Å². The van der Waals surface area contributed by atoms with E-state index in [1.54, 1.807) is 12.4 Å². The monoisotopic (exact) mass is 298 g/mol. The number of hydrogen-bond acceptors (Lipinski definition) is 3. The summed E-state index contributed by atoms with van der Waals surface area (Å²) < 4.78 is 5.90. The lowest BCUT2D eigenvalue weighted by Gasteiger charge is -2.19. The Morgan fingerprint density at radius 3 is 2.64 bits per heavy atom. The van der Waals surface area contributed by atoms with E-state index in [1.165, 1.54) is 0 Å². The van der Waals surface area contributed by atoms with Crippen LogP contribution in [0.2, 0.25) is 0 Å². The molecule has 1 atom stereocenters. The molecule has 1 aromatic carbocycles. The summed E-state index contributed by atoms with van der Waals surface area (Å²) in [5, 5.41) is 2.91. The average Bonchev–Trinajstić information content (AvgIpc) is 2.55. The first kappa shape index (κ1) is 16.0. The van der Waals surface area contributed by atoms with Crippen molar-refractivity contribution in [1.29, 1.82) is 0 Å². The standard InChI is InChI=1S/C18H22N2O2/c1-4-16(22-17-7-5-6-13(2)14(17)3)18(21)20-12-15-8-10-19-11-9-15/h5-11,16H,4,12H2,1-3H3,(H,20,21)/t16-/m1/s1. The van der Waals surface area contributed by atoms with Crippen molar-refractivity contribution in [1.82, 2.24) is 10.3 Å². The van der Waals surface area contributed by atoms with Gasteiger partial charge in [-0.1, -0.05) is 19.1 Å². The Morgan fingerprint density at radius 1 is 1.23 bits per heavy atom. The molecule has 0 aliphatic carbocycles. The summed E-state index contributed by atoms with van der Waals surface area (Å²) in [6.45, 7) is 6.47. The minimum absolute atomic E-state index is 0.0970. The fourth-order valence-corrected chi connectivity index (χ4v) is 2.13. The molecule has 1 amide bonds. The SMILES string of the molecule is CC[C@@H](Oc1cccc(C)c1C)C(=O)NCc1ccncc1. The van der Waals surface area contributed by atoms with Gasteiger partial charge in [-0.25, -0.2) is 0 Å². The zero-order chi connectivity index (χ0) is 15.9. The third-order valence-electron chi connectivity index (χ3n) is 3.70. The summed E-state index contributed by atoms with van der Waals surface area (Å²) in [5.74, 6) is 0.672. The molecule has 1 N–H and O–H groups in total. The van der Waals surface area contributed by atoms with Crippen LogP contribution in [0.5, 0.6) is 5.75 Å². The molecule has 0 spiro atoms. The van der Waals surface area contributed by atoms with Gasteiger partial charge >= 0.3 is 0 Å². The molecule has 0 saturated carbocycles. The predicted octanol–water partition coefficient (Wildman–Crippen LogP) is 3.17. The van der Waals surface area contributed by atoms with E-state index in [2.05, 4.69) is 10.3 Å². The Labute approximate surface area is 131 Å². The van der Waals surface area contributed by atoms with Crippen LogP contribution in [0.4, 0.5) is 0 Å². The van der Waals surface area contributed by atoms with Crippen LogP contribution in [0.25, 0.3) is 0 Å². The zero-order valence-corrected chi connectivity index (χ0v) is 13.3. The van der Waals surface area contributed by atoms with Crippen LogP contribution >= 0.6 is 0 Å². The van der Waals surface area contributed by atoms with Gasteiger partial charge in [0.1, 0.15) is 5.75 Å². The van der Waals surface area contributed by atoms with Crippen LogP contribution in [-0.2, 0) is 11.3 Å². The molecule has 4 heteroatoms. The number of pyridine rings is 1. The summed E-state index contributed by atoms with van der Waals surface area (Å²) in [6.07, 6.45) is 3.56. The van der Waals surface area contributed by atoms with E-state index >= 15 is 0 Å². The molecule has 2 rings (SSSR count). The number of nitrogens with zero attached hydrogens (tertiary/aromatic N) is 1. The molecule has 0 unspecified atom stereocenters. The van der Waals surface area contributed by atoms with E-state index in [4.69, 9.17) is 4.74 Å². The van der Waals surface area contributed by atoms with Crippen molar-refractivity contribution in [2.75, 3.05) is 0 Å². The van der Waals surface area contributed by atoms with Crippen molar-refractivity contribution < 1.29 is 9.53 Å². The second-order valence-corrected chi connectivity index (χ2v) is 5.29. The molecule has 1 heterocycles. The maximum absolute atomic E-state index is 12.3. The van der Waals surface area contributed by atoms with Gasteiger partial charge < -0.3 is 10.1 Å². The largest absolute Gasteiger partial charge is 0.480 e. The molecule has 4 nitrogen and oxygen atoms in total. The van der Waals surface area contributed by atoms with Crippen LogP contribution in [0.15, 0.2) is 42.7 Å². The minimum atomic E-state index is -0.484. The lowest BCUT2D eigenvalue weighted by molar-refractivity contribution is -0.128. The number of ether oxygens (including phenoxy) is 1. The van der Waals surface area contributed by atoms with Gasteiger partial charge in [-0.3, -0.25) is 9.78 Å². The highest BCUT2D eigenvalue weighted by atomic mass is 16.5. The van der Waals surface area contributed by atoms with E-state index in [0.717, 1.165) is 22.4 Å². The average molecular weight is 298 g/mol. The summed E-state index contributed by atoms with van der Waals surface area (Å²) in [5.41, 5.74) is 3.25. The number of carbonyl (C=O) groups excluding carboxylic acids is 1. The first-order chi connectivity index (χ1) is 10.6. The highest BCUT2D eigenvalue weighted by Gasteiger charge is 2.19. The summed E-state index contributed by atoms with van der Waals surface area (Å²) in [7, 11) is 0. The van der Waals surface area contributed by atoms with Crippen molar-refractivity contribution in [3.05, 3.63) is 59.4 Å². The van der Waals surface area contributed by atoms with Gasteiger partial charge in [-0.15, -0.1) is 0 Å². The summed E-state index contributed by atoms with van der Waals surface area (Å²) in [4.78, 5) is 16.3. The number of hydrogen-bond donors (Lipinski definition) is 1. The fourth-order valence-electron chi connectivity index (χ4n) is 2.13. The number of rotatable bonds is 6. The Bertz CT molecular complexity index is 626. The topological polar surface area (TPSA) is 51.2 Å². The smallest absolute Gasteiger partial charge is 0.261 e. The van der Waals surface area contributed by atoms with Crippen LogP contribution in [0, 0.1) is 13.8 Å². The van der Waals surface area contributed by atoms with Gasteiger partial charge in [0.25, 0.3) is 5.91 Å². The number of aromatic nitrogens is 1. The third-order valence-corrected chi connectivity index (χ3v) is 3.70. The van der Waals surface area contributed by atoms with Gasteiger partial charge in [0, 0.05) is 18.9 Å². The number of amides is 1. The molecule has 0 aliphatic heterocycles. The predicted molar refractivity (Wildman–Crippen MR) is 86.7 cm³/mol. The van der Waals surface area contributed by atoms with Gasteiger partial charge in [-0.05, 0) is 55.2 Å². The normalized spacial score (nSPS) is 11.8. The number of nitrogens with one attached hydrogen (secondary N) is 1. The van der Waals surface area contributed by atoms with Gasteiger partial charge in [0.05, 0.1) is 0 Å². The molecule has 0 fully saturated rings. The molecule has 1 aromatic heterocycles. The second-order valence-electron chi connectivity index (χ2n) is 5.29. The van der Waals surface area contributed by atoms with E-state index in [1.807, 2.05) is 51.1 Å². The molecule has 22 heavy (non-hydrogen) atoms. The van der Waals surface area contributed by atoms with Crippen molar-refractivity contribution in [2.45, 2.75) is 39.8 Å². The van der Waals surface area contributed by atoms with E-state index < -0.39 is 6.10 Å². The molecule has 0 aliphatic rings. The van der Waals surface area contributed by atoms with Gasteiger partial charge in [0.2, 0.25) is 0 Å². The molecule has 2 aromatic rings. The molecule has 0 saturated heterocycles. The third kappa shape index (κ3) is 4.07. The van der Waals surface area contributed by atoms with Crippen molar-refractivity contribution in [3.63, 3.8) is 0 Å². The molecule has 0 bridgehead atoms. The van der Waals surface area contributed by atoms with Crippen molar-refractivity contribution >= 4 is 5.91 Å². The van der Waals surface area contributed by atoms with Crippen molar-refractivity contribution in [2.24, 2.45) is 0 Å². The first-order valence-electron chi connectivity index (χ1n) is 7.51. The first-order valence-corrected chi connectivity index (χ1v) is 7.51. The lowest BCUT2D eigenvalue weighted by atomic mass is 10.1. The Morgan fingerprint density at radius 2 is 1.95 bits per heavy atom. The maximum Gasteiger partial charge on any atom is 0.261 e. The van der Waals surface area contributed by atoms with Gasteiger partial charge in [-0.2, -0.15) is 0 Å². The lowest BCUT2D eigenvalue weighted by Crippen LogP contribution is -2.37. The molecule has 0 radical (unpaired) electrons. The molecular formula is C18H22N2O2. The molecule has 116 valence electrons. The van der Waals surface area contributed by atoms with Crippen LogP contribution in [0.1, 0.15) is 30.0 Å². The Kier molecular flexibility index (Phi) is 5.53. The van der Waals surface area contributed by atoms with Crippen LogP contribution < -0.4 is 10.1 Å².